The molecule has 7 aliphatic heterocycles. The van der Waals surface area contributed by atoms with Crippen molar-refractivity contribution in [3.8, 4) is 29.6 Å². The van der Waals surface area contributed by atoms with Crippen molar-refractivity contribution in [2.75, 3.05) is 68.8 Å². The lowest BCUT2D eigenvalue weighted by Gasteiger charge is -2.42. The molecule has 1 N–H and O–H groups in total. The third kappa shape index (κ3) is 10.3. The van der Waals surface area contributed by atoms with Crippen molar-refractivity contribution in [2.45, 2.75) is 140 Å². The van der Waals surface area contributed by atoms with E-state index in [4.69, 9.17) is 30.6 Å². The Balaban J connectivity index is 0.650. The van der Waals surface area contributed by atoms with E-state index in [1.54, 1.807) is 46.6 Å². The quantitative estimate of drug-likeness (QED) is 0.0956. The number of nitrogens with one attached hydrogen (secondary N) is 1. The highest BCUT2D eigenvalue weighted by atomic mass is 19.1. The highest BCUT2D eigenvalue weighted by Crippen LogP contribution is 2.45. The van der Waals surface area contributed by atoms with Gasteiger partial charge in [-0.3, -0.25) is 38.8 Å². The number of piperazine rings is 1. The molecule has 446 valence electrons. The number of fused-ring (bicyclic) bond motifs is 6. The van der Waals surface area contributed by atoms with E-state index in [2.05, 4.69) is 30.9 Å². The van der Waals surface area contributed by atoms with Crippen LogP contribution in [0.2, 0.25) is 0 Å². The number of anilines is 2. The molecule has 85 heavy (non-hydrogen) atoms. The number of piperidine rings is 3. The second kappa shape index (κ2) is 22.2. The molecular weight excluding hydrogens is 1090 g/mol. The van der Waals surface area contributed by atoms with E-state index in [0.717, 1.165) is 101 Å². The van der Waals surface area contributed by atoms with Crippen LogP contribution in [0, 0.1) is 35.8 Å². The van der Waals surface area contributed by atoms with Gasteiger partial charge in [0.1, 0.15) is 47.7 Å². The highest BCUT2D eigenvalue weighted by Gasteiger charge is 2.51. The maximum Gasteiger partial charge on any atom is 0.410 e. The lowest BCUT2D eigenvalue weighted by molar-refractivity contribution is -0.135. The molecule has 13 rings (SSSR count). The fourth-order valence-electron chi connectivity index (χ4n) is 15.3. The number of ether oxygens (including phenoxy) is 3. The lowest BCUT2D eigenvalue weighted by Crippen LogP contribution is -2.57. The van der Waals surface area contributed by atoms with Crippen molar-refractivity contribution in [3.05, 3.63) is 82.4 Å². The molecule has 0 aliphatic carbocycles. The van der Waals surface area contributed by atoms with Crippen LogP contribution in [0.4, 0.5) is 29.9 Å². The van der Waals surface area contributed by atoms with Crippen LogP contribution in [0.15, 0.2) is 59.5 Å². The van der Waals surface area contributed by atoms with Crippen molar-refractivity contribution in [1.29, 1.82) is 0 Å². The smallest absolute Gasteiger partial charge is 0.410 e. The predicted molar refractivity (Wildman–Crippen MR) is 316 cm³/mol. The Morgan fingerprint density at radius 1 is 0.847 bits per heavy atom. The molecule has 5 atom stereocenters. The number of para-hydroxylation sites is 1. The summed E-state index contributed by atoms with van der Waals surface area (Å²) >= 11 is 0. The minimum Gasteiger partial charge on any atom is -0.461 e. The van der Waals surface area contributed by atoms with E-state index >= 15 is 8.78 Å². The van der Waals surface area contributed by atoms with Crippen LogP contribution in [0.1, 0.15) is 116 Å². The zero-order chi connectivity index (χ0) is 59.1. The minimum atomic E-state index is -0.732. The number of amides is 4. The van der Waals surface area contributed by atoms with Crippen molar-refractivity contribution in [3.63, 3.8) is 0 Å². The van der Waals surface area contributed by atoms with Crippen molar-refractivity contribution < 1.29 is 42.2 Å². The van der Waals surface area contributed by atoms with Gasteiger partial charge in [-0.15, -0.1) is 6.42 Å². The number of likely N-dealkylation sites (tertiary alicyclic amines) is 1. The Hall–Kier alpha value is -7.86. The first kappa shape index (κ1) is 56.3. The van der Waals surface area contributed by atoms with Crippen molar-refractivity contribution >= 4 is 68.2 Å². The van der Waals surface area contributed by atoms with E-state index in [-0.39, 0.29) is 96.3 Å². The van der Waals surface area contributed by atoms with Gasteiger partial charge in [0, 0.05) is 75.9 Å². The number of carbonyl (C=O) groups is 4. The first-order chi connectivity index (χ1) is 41.0. The molecule has 2 bridgehead atoms. The molecule has 6 aromatic rings. The lowest BCUT2D eigenvalue weighted by atomic mass is 9.83. The summed E-state index contributed by atoms with van der Waals surface area (Å²) in [5.41, 5.74) is 1.45. The summed E-state index contributed by atoms with van der Waals surface area (Å²) in [5.74, 6) is 1.88. The zero-order valence-electron chi connectivity index (χ0n) is 48.8. The molecule has 7 saturated heterocycles. The number of imidazole rings is 1. The third-order valence-electron chi connectivity index (χ3n) is 19.4. The highest BCUT2D eigenvalue weighted by molar-refractivity contribution is 6.03. The first-order valence-electron chi connectivity index (χ1n) is 30.4. The molecule has 3 unspecified atom stereocenters. The molecule has 0 spiro atoms. The number of nitrogens with zero attached hydrogens (tertiary/aromatic N) is 10. The van der Waals surface area contributed by atoms with Crippen LogP contribution in [-0.4, -0.2) is 151 Å². The summed E-state index contributed by atoms with van der Waals surface area (Å²) in [6.45, 7) is 10.7. The van der Waals surface area contributed by atoms with Crippen LogP contribution in [0.25, 0.3) is 44.0 Å². The van der Waals surface area contributed by atoms with E-state index in [1.165, 1.54) is 6.07 Å². The van der Waals surface area contributed by atoms with Crippen LogP contribution in [-0.2, 0) is 26.1 Å². The predicted octanol–water partition coefficient (Wildman–Crippen LogP) is 8.85. The normalized spacial score (nSPS) is 24.2. The molecule has 3 aromatic carbocycles. The fraction of sp³-hybridized carbons (Fsp3) is 0.531. The maximum atomic E-state index is 17.5. The second-order valence-corrected chi connectivity index (χ2v) is 25.7. The molecule has 0 saturated carbocycles. The zero-order valence-corrected chi connectivity index (χ0v) is 48.8. The van der Waals surface area contributed by atoms with Gasteiger partial charge < -0.3 is 28.9 Å². The van der Waals surface area contributed by atoms with Crippen molar-refractivity contribution in [2.24, 2.45) is 18.9 Å². The molecular formula is C64H73F2N11O8. The number of aromatic nitrogens is 5. The number of benzene rings is 3. The number of aryl methyl sites for hydroxylation is 1. The molecule has 19 nitrogen and oxygen atoms in total. The Morgan fingerprint density at radius 3 is 2.32 bits per heavy atom. The topological polar surface area (TPSA) is 190 Å². The number of imide groups is 1. The van der Waals surface area contributed by atoms with Crippen LogP contribution >= 0.6 is 0 Å². The van der Waals surface area contributed by atoms with Gasteiger partial charge in [0.05, 0.1) is 45.3 Å². The summed E-state index contributed by atoms with van der Waals surface area (Å²) in [7, 11) is 1.75. The molecule has 10 heterocycles. The largest absolute Gasteiger partial charge is 0.461 e. The minimum absolute atomic E-state index is 0.00198. The Bertz CT molecular complexity index is 3750. The van der Waals surface area contributed by atoms with Crippen LogP contribution < -0.4 is 25.5 Å². The summed E-state index contributed by atoms with van der Waals surface area (Å²) in [6.07, 6.45) is 17.2. The molecule has 0 radical (unpaired) electrons. The number of hydrogen-bond donors (Lipinski definition) is 1. The number of hydrogen-bond acceptors (Lipinski definition) is 14. The number of halogens is 2. The number of pyridine rings is 1. The van der Waals surface area contributed by atoms with E-state index < -0.39 is 29.2 Å². The molecule has 21 heteroatoms. The Kier molecular flexibility index (Phi) is 14.7. The molecule has 7 fully saturated rings. The number of rotatable bonds is 11. The maximum absolute atomic E-state index is 17.5. The van der Waals surface area contributed by atoms with Gasteiger partial charge in [-0.25, -0.2) is 23.2 Å². The van der Waals surface area contributed by atoms with Crippen molar-refractivity contribution in [1.82, 2.24) is 44.1 Å². The summed E-state index contributed by atoms with van der Waals surface area (Å²) < 4.78 is 54.5. The van der Waals surface area contributed by atoms with Gasteiger partial charge in [0.2, 0.25) is 11.8 Å². The number of terminal acetylenes is 1. The summed E-state index contributed by atoms with van der Waals surface area (Å²) in [6, 6.07) is 12.9. The van der Waals surface area contributed by atoms with Gasteiger partial charge in [-0.05, 0) is 140 Å². The Morgan fingerprint density at radius 2 is 1.59 bits per heavy atom. The summed E-state index contributed by atoms with van der Waals surface area (Å²) in [4.78, 5) is 90.5. The average Bonchev–Trinajstić information content (AvgIpc) is 3.40. The van der Waals surface area contributed by atoms with Gasteiger partial charge >= 0.3 is 23.9 Å². The van der Waals surface area contributed by atoms with Gasteiger partial charge in [0.25, 0.3) is 0 Å². The van der Waals surface area contributed by atoms with E-state index in [0.29, 0.717) is 71.1 Å². The van der Waals surface area contributed by atoms with E-state index in [1.807, 2.05) is 48.8 Å². The average molecular weight is 1160 g/mol. The SMILES string of the molecule is C#Cc1c(F)ccc2cccc(-c3ncc4c(N5CC6CCC(C5)N6C(=O)OC(C)(C)C)nc(OC[C@@]56CCCN5[C@H](COC(=O)N5CCC(CC7CCN(c8cccc9c8n(C)c(=O)n9C8CCC(=O)NC8=O)CC7)CC5)CC6)nc4c3F)c12. The summed E-state index contributed by atoms with van der Waals surface area (Å²) in [5, 5.41) is 3.78. The van der Waals surface area contributed by atoms with Gasteiger partial charge in [-0.1, -0.05) is 36.3 Å². The second-order valence-electron chi connectivity index (χ2n) is 25.7. The first-order valence-corrected chi connectivity index (χ1v) is 30.4. The van der Waals surface area contributed by atoms with E-state index in [9.17, 15) is 24.0 Å². The number of carbonyl (C=O) groups excluding carboxylic acids is 4. The van der Waals surface area contributed by atoms with Gasteiger partial charge in [0.15, 0.2) is 5.82 Å². The van der Waals surface area contributed by atoms with Gasteiger partial charge in [-0.2, -0.15) is 9.97 Å². The standard InChI is InChI=1S/C64H73F2N11O8/c1-6-44-47(65)17-14-40-10-7-11-45(52(40)44)54-53(66)55-46(33-67-54)57(74-34-41-15-16-42(35-74)76(41)62(82)85-63(2,3)4)70-59(69-55)84-37-64-25-9-27-75(64)43(20-26-64)36-83-61(81)73-30-23-39(24-31-73)32-38-21-28-72(29-22-38)48-12-8-13-49-56(48)71(5)60(80)77(49)50-18-19-51(78)68-58(50)79/h1,7-8,10-14,17,33,38-39,41-43,50H,9,15-16,18-32,34-37H2,2-5H3,(H,68,78,79)/t41?,42?,43-,50?,64-/m0/s1. The fourth-order valence-corrected chi connectivity index (χ4v) is 15.3. The monoisotopic (exact) mass is 1160 g/mol. The van der Waals surface area contributed by atoms with Crippen LogP contribution in [0.3, 0.4) is 0 Å². The molecule has 7 aliphatic rings. The van der Waals surface area contributed by atoms with Crippen LogP contribution in [0.5, 0.6) is 6.01 Å². The third-order valence-corrected chi connectivity index (χ3v) is 19.4. The molecule has 3 aromatic heterocycles. The Labute approximate surface area is 491 Å². The molecule has 4 amide bonds.